The van der Waals surface area contributed by atoms with E-state index in [4.69, 9.17) is 0 Å². The van der Waals surface area contributed by atoms with Crippen LogP contribution < -0.4 is 11.0 Å². The van der Waals surface area contributed by atoms with Crippen LogP contribution in [0.15, 0.2) is 29.1 Å². The maximum absolute atomic E-state index is 11.9. The van der Waals surface area contributed by atoms with Crippen LogP contribution in [0, 0.1) is 0 Å². The third-order valence-corrected chi connectivity index (χ3v) is 2.47. The fraction of sp³-hybridized carbons (Fsp3) is 0.273. The largest absolute Gasteiger partial charge is 0.405 e. The molecule has 2 aromatic rings. The number of H-pyrrole nitrogens is 1. The molecule has 1 aromatic heterocycles. The summed E-state index contributed by atoms with van der Waals surface area (Å²) in [7, 11) is 0. The Kier molecular flexibility index (Phi) is 3.32. The number of carbonyl (C=O) groups is 1. The zero-order valence-electron chi connectivity index (χ0n) is 9.62. The first-order valence-corrected chi connectivity index (χ1v) is 5.38. The molecule has 0 bridgehead atoms. The van der Waals surface area contributed by atoms with Gasteiger partial charge in [-0.25, -0.2) is 4.79 Å². The van der Waals surface area contributed by atoms with E-state index >= 15 is 0 Å². The summed E-state index contributed by atoms with van der Waals surface area (Å²) in [4.78, 5) is 25.5. The van der Waals surface area contributed by atoms with Gasteiger partial charge < -0.3 is 10.3 Å². The molecule has 2 N–H and O–H groups in total. The zero-order chi connectivity index (χ0) is 14.0. The fourth-order valence-electron chi connectivity index (χ4n) is 1.66. The summed E-state index contributed by atoms with van der Waals surface area (Å²) in [6.45, 7) is -1.87. The maximum Gasteiger partial charge on any atom is 0.405 e. The molecule has 1 heterocycles. The Balaban J connectivity index is 2.15. The molecule has 0 saturated carbocycles. The van der Waals surface area contributed by atoms with E-state index in [0.717, 1.165) is 4.57 Å². The number of hydrogen-bond acceptors (Lipinski definition) is 2. The molecule has 0 atom stereocenters. The van der Waals surface area contributed by atoms with E-state index < -0.39 is 30.9 Å². The smallest absolute Gasteiger partial charge is 0.345 e. The highest BCUT2D eigenvalue weighted by Crippen LogP contribution is 2.12. The number of halogens is 3. The number of amides is 1. The van der Waals surface area contributed by atoms with Gasteiger partial charge in [-0.05, 0) is 12.1 Å². The molecular formula is C11H10F3N3O2. The van der Waals surface area contributed by atoms with Crippen LogP contribution in [-0.2, 0) is 11.3 Å². The molecule has 0 aliphatic heterocycles. The first-order chi connectivity index (χ1) is 8.87. The second kappa shape index (κ2) is 4.79. The molecular weight excluding hydrogens is 263 g/mol. The summed E-state index contributed by atoms with van der Waals surface area (Å²) < 4.78 is 36.9. The Morgan fingerprint density at radius 2 is 2.00 bits per heavy atom. The van der Waals surface area contributed by atoms with Crippen molar-refractivity contribution in [2.24, 2.45) is 0 Å². The highest BCUT2D eigenvalue weighted by atomic mass is 19.4. The monoisotopic (exact) mass is 273 g/mol. The molecule has 0 spiro atoms. The molecule has 0 aliphatic carbocycles. The minimum atomic E-state index is -4.47. The van der Waals surface area contributed by atoms with Crippen LogP contribution in [0.2, 0.25) is 0 Å². The summed E-state index contributed by atoms with van der Waals surface area (Å²) in [6.07, 6.45) is -4.47. The number of fused-ring (bicyclic) bond motifs is 1. The van der Waals surface area contributed by atoms with Crippen molar-refractivity contribution >= 4 is 16.9 Å². The number of hydrogen-bond donors (Lipinski definition) is 2. The fourth-order valence-corrected chi connectivity index (χ4v) is 1.66. The lowest BCUT2D eigenvalue weighted by molar-refractivity contribution is -0.138. The van der Waals surface area contributed by atoms with Gasteiger partial charge in [-0.15, -0.1) is 0 Å². The van der Waals surface area contributed by atoms with E-state index in [0.29, 0.717) is 11.0 Å². The topological polar surface area (TPSA) is 66.9 Å². The average molecular weight is 273 g/mol. The summed E-state index contributed by atoms with van der Waals surface area (Å²) in [6, 6.07) is 6.61. The number of aromatic amines is 1. The van der Waals surface area contributed by atoms with Crippen LogP contribution >= 0.6 is 0 Å². The molecule has 5 nitrogen and oxygen atoms in total. The predicted octanol–water partition coefficient (Wildman–Crippen LogP) is 1.01. The molecule has 1 amide bonds. The number of nitrogens with zero attached hydrogens (tertiary/aromatic N) is 1. The second-order valence-corrected chi connectivity index (χ2v) is 3.93. The lowest BCUT2D eigenvalue weighted by Gasteiger charge is -2.08. The van der Waals surface area contributed by atoms with Gasteiger partial charge in [-0.2, -0.15) is 13.2 Å². The van der Waals surface area contributed by atoms with Gasteiger partial charge in [0.2, 0.25) is 5.91 Å². The van der Waals surface area contributed by atoms with Crippen LogP contribution in [0.25, 0.3) is 11.0 Å². The first kappa shape index (κ1) is 13.2. The molecule has 0 fully saturated rings. The number of aromatic nitrogens is 2. The number of nitrogens with one attached hydrogen (secondary N) is 2. The van der Waals surface area contributed by atoms with E-state index in [-0.39, 0.29) is 0 Å². The van der Waals surface area contributed by atoms with Crippen LogP contribution in [-0.4, -0.2) is 28.2 Å². The van der Waals surface area contributed by atoms with E-state index in [1.165, 1.54) is 0 Å². The van der Waals surface area contributed by atoms with Crippen molar-refractivity contribution < 1.29 is 18.0 Å². The zero-order valence-corrected chi connectivity index (χ0v) is 9.62. The second-order valence-electron chi connectivity index (χ2n) is 3.93. The van der Waals surface area contributed by atoms with Gasteiger partial charge >= 0.3 is 11.9 Å². The molecule has 1 aromatic carbocycles. The van der Waals surface area contributed by atoms with Gasteiger partial charge in [0.1, 0.15) is 13.1 Å². The van der Waals surface area contributed by atoms with Crippen molar-refractivity contribution in [3.63, 3.8) is 0 Å². The summed E-state index contributed by atoms with van der Waals surface area (Å²) in [5.74, 6) is -0.871. The first-order valence-electron chi connectivity index (χ1n) is 5.38. The molecule has 0 radical (unpaired) electrons. The summed E-state index contributed by atoms with van der Waals surface area (Å²) in [5.41, 5.74) is 0.453. The van der Waals surface area contributed by atoms with Gasteiger partial charge in [0.05, 0.1) is 11.0 Å². The third-order valence-electron chi connectivity index (χ3n) is 2.47. The van der Waals surface area contributed by atoms with E-state index in [9.17, 15) is 22.8 Å². The highest BCUT2D eigenvalue weighted by Gasteiger charge is 2.27. The summed E-state index contributed by atoms with van der Waals surface area (Å²) >= 11 is 0. The number of para-hydroxylation sites is 2. The van der Waals surface area contributed by atoms with Gasteiger partial charge in [0, 0.05) is 0 Å². The molecule has 102 valence electrons. The van der Waals surface area contributed by atoms with Crippen molar-refractivity contribution in [3.05, 3.63) is 34.7 Å². The Morgan fingerprint density at radius 1 is 1.32 bits per heavy atom. The van der Waals surface area contributed by atoms with Crippen molar-refractivity contribution in [3.8, 4) is 0 Å². The van der Waals surface area contributed by atoms with E-state index in [1.807, 2.05) is 0 Å². The Morgan fingerprint density at radius 3 is 2.68 bits per heavy atom. The van der Waals surface area contributed by atoms with Crippen molar-refractivity contribution in [2.45, 2.75) is 12.7 Å². The van der Waals surface area contributed by atoms with Crippen molar-refractivity contribution in [2.75, 3.05) is 6.54 Å². The summed E-state index contributed by atoms with van der Waals surface area (Å²) in [5, 5.41) is 1.72. The van der Waals surface area contributed by atoms with Crippen LogP contribution in [0.5, 0.6) is 0 Å². The Hall–Kier alpha value is -2.25. The van der Waals surface area contributed by atoms with Crippen LogP contribution in [0.1, 0.15) is 0 Å². The Bertz CT molecular complexity index is 657. The van der Waals surface area contributed by atoms with Gasteiger partial charge in [0.25, 0.3) is 0 Å². The molecule has 2 rings (SSSR count). The molecule has 19 heavy (non-hydrogen) atoms. The standard InChI is InChI=1S/C11H10F3N3O2/c12-11(13,14)6-15-9(18)5-17-8-4-2-1-3-7(8)16-10(17)19/h1-4H,5-6H2,(H,15,18)(H,16,19). The minimum Gasteiger partial charge on any atom is -0.345 e. The van der Waals surface area contributed by atoms with E-state index in [2.05, 4.69) is 4.98 Å². The number of alkyl halides is 3. The minimum absolute atomic E-state index is 0.459. The number of carbonyl (C=O) groups excluding carboxylic acids is 1. The van der Waals surface area contributed by atoms with Gasteiger partial charge in [-0.3, -0.25) is 9.36 Å². The van der Waals surface area contributed by atoms with Gasteiger partial charge in [-0.1, -0.05) is 12.1 Å². The van der Waals surface area contributed by atoms with Crippen molar-refractivity contribution in [1.82, 2.24) is 14.9 Å². The van der Waals surface area contributed by atoms with Crippen LogP contribution in [0.4, 0.5) is 13.2 Å². The van der Waals surface area contributed by atoms with Gasteiger partial charge in [0.15, 0.2) is 0 Å². The number of benzene rings is 1. The molecule has 0 unspecified atom stereocenters. The highest BCUT2D eigenvalue weighted by molar-refractivity contribution is 5.80. The van der Waals surface area contributed by atoms with E-state index in [1.54, 1.807) is 29.6 Å². The third kappa shape index (κ3) is 3.15. The molecule has 8 heteroatoms. The lowest BCUT2D eigenvalue weighted by Crippen LogP contribution is -2.37. The molecule has 0 aliphatic rings. The van der Waals surface area contributed by atoms with Crippen molar-refractivity contribution in [1.29, 1.82) is 0 Å². The average Bonchev–Trinajstić information content (AvgIpc) is 2.63. The Labute approximate surface area is 105 Å². The maximum atomic E-state index is 11.9. The number of imidazole rings is 1. The quantitative estimate of drug-likeness (QED) is 0.876. The SMILES string of the molecule is O=C(Cn1c(=O)[nH]c2ccccc21)NCC(F)(F)F. The predicted molar refractivity (Wildman–Crippen MR) is 61.6 cm³/mol. The van der Waals surface area contributed by atoms with Crippen LogP contribution in [0.3, 0.4) is 0 Å². The lowest BCUT2D eigenvalue weighted by atomic mass is 10.3. The number of rotatable bonds is 3. The molecule has 0 saturated heterocycles. The normalized spacial score (nSPS) is 11.7.